The van der Waals surface area contributed by atoms with Crippen LogP contribution in [-0.2, 0) is 16.9 Å². The molecule has 7 rings (SSSR count). The quantitative estimate of drug-likeness (QED) is 0.186. The van der Waals surface area contributed by atoms with Gasteiger partial charge < -0.3 is 24.6 Å². The van der Waals surface area contributed by atoms with E-state index < -0.39 is 17.2 Å². The smallest absolute Gasteiger partial charge is 0.255 e. The number of rotatable bonds is 10. The second kappa shape index (κ2) is 14.5. The predicted molar refractivity (Wildman–Crippen MR) is 184 cm³/mol. The van der Waals surface area contributed by atoms with Crippen LogP contribution in [0.25, 0.3) is 0 Å². The van der Waals surface area contributed by atoms with Crippen LogP contribution < -0.4 is 19.9 Å². The number of nitrogens with zero attached hydrogens (tertiary/aromatic N) is 6. The fourth-order valence-electron chi connectivity index (χ4n) is 6.71. The minimum Gasteiger partial charge on any atom is -0.492 e. The summed E-state index contributed by atoms with van der Waals surface area (Å²) < 4.78 is 55.9. The lowest BCUT2D eigenvalue weighted by Crippen LogP contribution is -2.46. The molecule has 260 valence electrons. The summed E-state index contributed by atoms with van der Waals surface area (Å²) in [4.78, 5) is 21.1. The van der Waals surface area contributed by atoms with Gasteiger partial charge in [0.1, 0.15) is 47.5 Å². The lowest BCUT2D eigenvalue weighted by atomic mass is 9.87. The predicted octanol–water partition coefficient (Wildman–Crippen LogP) is 6.16. The van der Waals surface area contributed by atoms with Crippen LogP contribution in [0.2, 0.25) is 0 Å². The number of nitriles is 1. The number of benzene rings is 4. The molecule has 1 N–H and O–H groups in total. The molecule has 5 aromatic rings. The van der Waals surface area contributed by atoms with Crippen molar-refractivity contribution < 1.29 is 27.4 Å². The number of amides is 1. The Morgan fingerprint density at radius 3 is 2.31 bits per heavy atom. The summed E-state index contributed by atoms with van der Waals surface area (Å²) in [6.07, 6.45) is 3.31. The lowest BCUT2D eigenvalue weighted by molar-refractivity contribution is -0.0206. The van der Waals surface area contributed by atoms with E-state index in [2.05, 4.69) is 31.3 Å². The van der Waals surface area contributed by atoms with Crippen molar-refractivity contribution in [2.75, 3.05) is 54.5 Å². The molecule has 0 radical (unpaired) electrons. The molecule has 2 aliphatic rings. The van der Waals surface area contributed by atoms with Gasteiger partial charge in [-0.25, -0.2) is 22.8 Å². The zero-order valence-corrected chi connectivity index (χ0v) is 27.5. The zero-order valence-electron chi connectivity index (χ0n) is 27.5. The first-order chi connectivity index (χ1) is 24.8. The van der Waals surface area contributed by atoms with Gasteiger partial charge in [-0.3, -0.25) is 4.79 Å². The van der Waals surface area contributed by atoms with Gasteiger partial charge >= 0.3 is 0 Å². The van der Waals surface area contributed by atoms with E-state index >= 15 is 4.39 Å². The van der Waals surface area contributed by atoms with Gasteiger partial charge in [0.05, 0.1) is 25.3 Å². The number of anilines is 3. The van der Waals surface area contributed by atoms with Gasteiger partial charge in [-0.2, -0.15) is 10.4 Å². The van der Waals surface area contributed by atoms with Crippen LogP contribution in [0, 0.1) is 34.7 Å². The van der Waals surface area contributed by atoms with Gasteiger partial charge in [-0.15, -0.1) is 0 Å². The van der Waals surface area contributed by atoms with E-state index in [1.807, 2.05) is 24.3 Å². The van der Waals surface area contributed by atoms with E-state index in [9.17, 15) is 18.8 Å². The Bertz CT molecular complexity index is 2030. The second-order valence-corrected chi connectivity index (χ2v) is 12.7. The fraction of sp³-hybridized carbons (Fsp3) is 0.263. The van der Waals surface area contributed by atoms with Crippen molar-refractivity contribution in [3.63, 3.8) is 0 Å². The Hall–Kier alpha value is -5.87. The standard InChI is InChI=1S/C38H34F3N7O3/c39-29-3-6-31(7-4-29)45-37(49)27-1-8-32(9-2-27)46-13-15-47(16-14-46)33-10-12-36(28(17-33)20-42)50-21-26-19-38(51-22-26,23-48-25-43-24-44-48)34-11-5-30(40)18-35(34)41/h1-12,17-18,24-26H,13-16,19,21-23H2,(H,45,49)/t26-,38+/m1/s1. The normalized spacial score (nSPS) is 18.7. The molecule has 13 heteroatoms. The van der Waals surface area contributed by atoms with E-state index in [4.69, 9.17) is 9.47 Å². The van der Waals surface area contributed by atoms with Crippen molar-refractivity contribution in [3.05, 3.63) is 132 Å². The monoisotopic (exact) mass is 693 g/mol. The van der Waals surface area contributed by atoms with Crippen LogP contribution in [0.5, 0.6) is 5.75 Å². The van der Waals surface area contributed by atoms with Crippen molar-refractivity contribution in [1.82, 2.24) is 14.8 Å². The van der Waals surface area contributed by atoms with E-state index in [-0.39, 0.29) is 43.0 Å². The van der Waals surface area contributed by atoms with Crippen molar-refractivity contribution in [2.24, 2.45) is 5.92 Å². The maximum Gasteiger partial charge on any atom is 0.255 e. The van der Waals surface area contributed by atoms with E-state index in [0.717, 1.165) is 43.6 Å². The molecule has 0 unspecified atom stereocenters. The Morgan fingerprint density at radius 2 is 1.63 bits per heavy atom. The Labute approximate surface area is 292 Å². The summed E-state index contributed by atoms with van der Waals surface area (Å²) in [6, 6.07) is 24.3. The molecule has 2 fully saturated rings. The lowest BCUT2D eigenvalue weighted by Gasteiger charge is -2.37. The number of carbonyl (C=O) groups is 1. The van der Waals surface area contributed by atoms with Gasteiger partial charge in [0, 0.05) is 66.4 Å². The summed E-state index contributed by atoms with van der Waals surface area (Å²) in [6.45, 7) is 3.65. The number of carbonyl (C=O) groups excluding carboxylic acids is 1. The first kappa shape index (κ1) is 33.6. The first-order valence-electron chi connectivity index (χ1n) is 16.5. The van der Waals surface area contributed by atoms with Gasteiger partial charge in [-0.1, -0.05) is 6.07 Å². The second-order valence-electron chi connectivity index (χ2n) is 12.7. The summed E-state index contributed by atoms with van der Waals surface area (Å²) in [5.74, 6) is -1.68. The molecular weight excluding hydrogens is 659 g/mol. The molecule has 51 heavy (non-hydrogen) atoms. The van der Waals surface area contributed by atoms with Crippen LogP contribution in [0.1, 0.15) is 27.9 Å². The average molecular weight is 694 g/mol. The maximum atomic E-state index is 15.0. The molecule has 4 aromatic carbocycles. The van der Waals surface area contributed by atoms with Gasteiger partial charge in [0.2, 0.25) is 0 Å². The molecule has 2 saturated heterocycles. The topological polar surface area (TPSA) is 109 Å². The van der Waals surface area contributed by atoms with E-state index in [1.165, 1.54) is 49.1 Å². The third-order valence-electron chi connectivity index (χ3n) is 9.32. The molecule has 0 aliphatic carbocycles. The molecule has 2 atom stereocenters. The number of hydrogen-bond donors (Lipinski definition) is 1. The molecule has 0 saturated carbocycles. The summed E-state index contributed by atoms with van der Waals surface area (Å²) in [5, 5.41) is 16.9. The molecule has 0 spiro atoms. The van der Waals surface area contributed by atoms with Crippen molar-refractivity contribution >= 4 is 23.0 Å². The van der Waals surface area contributed by atoms with Crippen molar-refractivity contribution in [3.8, 4) is 11.8 Å². The van der Waals surface area contributed by atoms with E-state index in [1.54, 1.807) is 22.9 Å². The zero-order chi connectivity index (χ0) is 35.4. The Morgan fingerprint density at radius 1 is 0.922 bits per heavy atom. The van der Waals surface area contributed by atoms with Crippen LogP contribution in [0.15, 0.2) is 97.6 Å². The molecule has 10 nitrogen and oxygen atoms in total. The van der Waals surface area contributed by atoms with Crippen LogP contribution in [0.3, 0.4) is 0 Å². The van der Waals surface area contributed by atoms with Gasteiger partial charge in [0.25, 0.3) is 5.91 Å². The first-order valence-corrected chi connectivity index (χ1v) is 16.5. The van der Waals surface area contributed by atoms with Crippen LogP contribution >= 0.6 is 0 Å². The summed E-state index contributed by atoms with van der Waals surface area (Å²) in [5.41, 5.74) is 2.49. The highest BCUT2D eigenvalue weighted by Gasteiger charge is 2.44. The third-order valence-corrected chi connectivity index (χ3v) is 9.32. The largest absolute Gasteiger partial charge is 0.492 e. The van der Waals surface area contributed by atoms with E-state index in [0.29, 0.717) is 29.0 Å². The molecule has 0 bridgehead atoms. The van der Waals surface area contributed by atoms with Crippen molar-refractivity contribution in [1.29, 1.82) is 5.26 Å². The average Bonchev–Trinajstić information content (AvgIpc) is 3.82. The molecular formula is C38H34F3N7O3. The van der Waals surface area contributed by atoms with Gasteiger partial charge in [-0.05, 0) is 79.2 Å². The molecule has 3 heterocycles. The molecule has 2 aliphatic heterocycles. The summed E-state index contributed by atoms with van der Waals surface area (Å²) in [7, 11) is 0. The number of ether oxygens (including phenoxy) is 2. The fourth-order valence-corrected chi connectivity index (χ4v) is 6.71. The number of hydrogen-bond acceptors (Lipinski definition) is 8. The highest BCUT2D eigenvalue weighted by Crippen LogP contribution is 2.42. The highest BCUT2D eigenvalue weighted by atomic mass is 19.1. The molecule has 1 aromatic heterocycles. The van der Waals surface area contributed by atoms with Gasteiger partial charge in [0.15, 0.2) is 0 Å². The van der Waals surface area contributed by atoms with Crippen LogP contribution in [-0.4, -0.2) is 60.1 Å². The van der Waals surface area contributed by atoms with Crippen LogP contribution in [0.4, 0.5) is 30.2 Å². The minimum absolute atomic E-state index is 0.129. The third kappa shape index (κ3) is 7.51. The Balaban J connectivity index is 0.947. The molecule has 1 amide bonds. The maximum absolute atomic E-state index is 15.0. The SMILES string of the molecule is N#Cc1cc(N2CCN(c3ccc(C(=O)Nc4ccc(F)cc4)cc3)CC2)ccc1OC[C@@H]1CO[C@@](Cn2cncn2)(c2ccc(F)cc2F)C1. The number of halogens is 3. The van der Waals surface area contributed by atoms with Crippen molar-refractivity contribution in [2.45, 2.75) is 18.6 Å². The highest BCUT2D eigenvalue weighted by molar-refractivity contribution is 6.04. The number of piperazine rings is 1. The number of aromatic nitrogens is 3. The Kier molecular flexibility index (Phi) is 9.59. The summed E-state index contributed by atoms with van der Waals surface area (Å²) >= 11 is 0. The minimum atomic E-state index is -1.09. The number of nitrogens with one attached hydrogen (secondary N) is 1.